The lowest BCUT2D eigenvalue weighted by Gasteiger charge is -2.32. The van der Waals surface area contributed by atoms with E-state index in [1.165, 1.54) is 25.2 Å². The number of nitrogens with zero attached hydrogens (tertiary/aromatic N) is 5. The number of H-pyrrole nitrogens is 1. The molecule has 3 aliphatic rings. The maximum absolute atomic E-state index is 12.7. The molecule has 1 fully saturated rings. The van der Waals surface area contributed by atoms with E-state index in [-0.39, 0.29) is 12.0 Å². The molecule has 2 aliphatic carbocycles. The molecule has 2 unspecified atom stereocenters. The van der Waals surface area contributed by atoms with Gasteiger partial charge in [-0.25, -0.2) is 10.4 Å². The number of ether oxygens (including phenoxy) is 1. The fourth-order valence-corrected chi connectivity index (χ4v) is 5.68. The summed E-state index contributed by atoms with van der Waals surface area (Å²) >= 11 is 0. The van der Waals surface area contributed by atoms with Gasteiger partial charge in [-0.15, -0.1) is 4.40 Å². The van der Waals surface area contributed by atoms with E-state index in [1.807, 2.05) is 33.3 Å². The largest absolute Gasteiger partial charge is 0.490 e. The third-order valence-electron chi connectivity index (χ3n) is 7.01. The first-order valence-electron chi connectivity index (χ1n) is 12.3. The van der Waals surface area contributed by atoms with Gasteiger partial charge in [-0.3, -0.25) is 5.10 Å². The number of likely N-dealkylation sites (N-methyl/N-ethyl adjacent to an activating group) is 1. The summed E-state index contributed by atoms with van der Waals surface area (Å²) in [6, 6.07) is -0.211. The Labute approximate surface area is 212 Å². The second-order valence-corrected chi connectivity index (χ2v) is 11.8. The topological polar surface area (TPSA) is 128 Å². The molecule has 3 heterocycles. The van der Waals surface area contributed by atoms with Gasteiger partial charge in [0.05, 0.1) is 23.9 Å². The molecule has 2 atom stereocenters. The molecule has 1 saturated heterocycles. The van der Waals surface area contributed by atoms with Crippen molar-refractivity contribution in [2.45, 2.75) is 44.6 Å². The molecule has 12 heteroatoms. The van der Waals surface area contributed by atoms with Crippen molar-refractivity contribution in [2.75, 3.05) is 41.3 Å². The van der Waals surface area contributed by atoms with Gasteiger partial charge in [0.2, 0.25) is 0 Å². The molecule has 1 aliphatic heterocycles. The minimum atomic E-state index is -3.81. The summed E-state index contributed by atoms with van der Waals surface area (Å²) in [5, 5.41) is 7.28. The maximum Gasteiger partial charge on any atom is 0.323 e. The Morgan fingerprint density at radius 3 is 2.56 bits per heavy atom. The molecule has 0 bridgehead atoms. The number of hydrogen-bond acceptors (Lipinski definition) is 7. The Hall–Kier alpha value is -2.80. The van der Waals surface area contributed by atoms with Crippen LogP contribution in [-0.2, 0) is 27.8 Å². The zero-order valence-corrected chi connectivity index (χ0v) is 22.2. The average Bonchev–Trinajstić information content (AvgIpc) is 3.43. The van der Waals surface area contributed by atoms with E-state index in [9.17, 15) is 8.42 Å². The predicted octanol–water partition coefficient (Wildman–Crippen LogP) is 1.36. The van der Waals surface area contributed by atoms with Crippen LogP contribution in [0.25, 0.3) is 17.0 Å². The van der Waals surface area contributed by atoms with Crippen LogP contribution in [-0.4, -0.2) is 86.0 Å². The SMILES string of the molecule is Cc1[nH]ncc1-c1nc2c(c3c1CCCC3)C1C(=NS(=O)(=O)N(C)C)NNC1C=C2OCCN(C)C. The second-order valence-electron chi connectivity index (χ2n) is 9.99. The van der Waals surface area contributed by atoms with Gasteiger partial charge in [-0.05, 0) is 69.5 Å². The minimum absolute atomic E-state index is 0.211. The average molecular weight is 515 g/mol. The first kappa shape index (κ1) is 24.9. The highest BCUT2D eigenvalue weighted by atomic mass is 32.2. The Morgan fingerprint density at radius 2 is 1.89 bits per heavy atom. The lowest BCUT2D eigenvalue weighted by atomic mass is 9.76. The number of nitrogens with one attached hydrogen (secondary N) is 3. The summed E-state index contributed by atoms with van der Waals surface area (Å²) in [5.41, 5.74) is 13.3. The quantitative estimate of drug-likeness (QED) is 0.505. The Balaban J connectivity index is 1.71. The molecule has 36 heavy (non-hydrogen) atoms. The van der Waals surface area contributed by atoms with E-state index in [4.69, 9.17) is 9.72 Å². The normalized spacial score (nSPS) is 22.3. The summed E-state index contributed by atoms with van der Waals surface area (Å²) in [5.74, 6) is 0.769. The first-order valence-corrected chi connectivity index (χ1v) is 13.7. The Bertz CT molecular complexity index is 1330. The molecule has 11 nitrogen and oxygen atoms in total. The van der Waals surface area contributed by atoms with E-state index < -0.39 is 10.2 Å². The maximum atomic E-state index is 12.7. The molecule has 3 N–H and O–H groups in total. The van der Waals surface area contributed by atoms with Crippen LogP contribution in [0, 0.1) is 6.92 Å². The fraction of sp³-hybridized carbons (Fsp3) is 0.542. The van der Waals surface area contributed by atoms with E-state index >= 15 is 0 Å². The number of rotatable bonds is 7. The van der Waals surface area contributed by atoms with Crippen molar-refractivity contribution in [3.63, 3.8) is 0 Å². The van der Waals surface area contributed by atoms with Crippen LogP contribution in [0.4, 0.5) is 0 Å². The summed E-state index contributed by atoms with van der Waals surface area (Å²) in [7, 11) is 3.16. The number of hydrogen-bond donors (Lipinski definition) is 3. The summed E-state index contributed by atoms with van der Waals surface area (Å²) in [6.07, 6.45) is 7.78. The lowest BCUT2D eigenvalue weighted by Crippen LogP contribution is -2.33. The van der Waals surface area contributed by atoms with Gasteiger partial charge in [0.15, 0.2) is 0 Å². The highest BCUT2D eigenvalue weighted by molar-refractivity contribution is 7.87. The van der Waals surface area contributed by atoms with Gasteiger partial charge < -0.3 is 15.1 Å². The van der Waals surface area contributed by atoms with Gasteiger partial charge in [0, 0.05) is 31.9 Å². The molecule has 5 rings (SSSR count). The van der Waals surface area contributed by atoms with E-state index in [1.54, 1.807) is 0 Å². The Morgan fingerprint density at radius 1 is 1.14 bits per heavy atom. The van der Waals surface area contributed by atoms with Crippen LogP contribution in [0.3, 0.4) is 0 Å². The molecule has 2 aromatic rings. The van der Waals surface area contributed by atoms with Crippen molar-refractivity contribution < 1.29 is 13.2 Å². The number of aromatic nitrogens is 3. The van der Waals surface area contributed by atoms with Gasteiger partial charge in [0.25, 0.3) is 0 Å². The van der Waals surface area contributed by atoms with Gasteiger partial charge in [0.1, 0.15) is 23.9 Å². The van der Waals surface area contributed by atoms with Crippen LogP contribution in [0.15, 0.2) is 16.7 Å². The van der Waals surface area contributed by atoms with Crippen LogP contribution >= 0.6 is 0 Å². The number of fused-ring (bicyclic) bond motifs is 5. The van der Waals surface area contributed by atoms with E-state index in [2.05, 4.69) is 30.3 Å². The summed E-state index contributed by atoms with van der Waals surface area (Å²) in [6.45, 7) is 3.28. The zero-order chi connectivity index (χ0) is 25.6. The number of hydrazine groups is 1. The number of aryl methyl sites for hydroxylation is 1. The van der Waals surface area contributed by atoms with Gasteiger partial charge >= 0.3 is 10.2 Å². The number of pyridine rings is 1. The number of aromatic amines is 1. The predicted molar refractivity (Wildman–Crippen MR) is 139 cm³/mol. The lowest BCUT2D eigenvalue weighted by molar-refractivity contribution is 0.229. The minimum Gasteiger partial charge on any atom is -0.490 e. The van der Waals surface area contributed by atoms with Crippen molar-refractivity contribution in [3.8, 4) is 11.3 Å². The zero-order valence-electron chi connectivity index (χ0n) is 21.4. The van der Waals surface area contributed by atoms with Crippen LogP contribution in [0.1, 0.15) is 46.8 Å². The van der Waals surface area contributed by atoms with Crippen molar-refractivity contribution in [3.05, 3.63) is 40.4 Å². The van der Waals surface area contributed by atoms with E-state index in [0.717, 1.165) is 64.7 Å². The highest BCUT2D eigenvalue weighted by Crippen LogP contribution is 2.44. The van der Waals surface area contributed by atoms with Crippen molar-refractivity contribution >= 4 is 21.8 Å². The Kier molecular flexibility index (Phi) is 6.62. The van der Waals surface area contributed by atoms with Crippen molar-refractivity contribution in [1.29, 1.82) is 0 Å². The third kappa shape index (κ3) is 4.42. The standard InChI is InChI=1S/C24H34N8O3S/c1-14-17(13-25-27-14)22-16-9-7-6-8-15(16)20-21-18(28-29-24(21)30-36(33,34)32(4)5)12-19(23(20)26-22)35-11-10-31(2)3/h12-13,18,21,28H,6-11H2,1-5H3,(H,25,27)(H,29,30). The molecule has 194 valence electrons. The molecule has 0 saturated carbocycles. The van der Waals surface area contributed by atoms with Crippen molar-refractivity contribution in [1.82, 2.24) is 35.2 Å². The molecule has 2 aromatic heterocycles. The molecular formula is C24H34N8O3S. The number of amidine groups is 1. The second kappa shape index (κ2) is 9.58. The molecule has 0 spiro atoms. The smallest absolute Gasteiger partial charge is 0.323 e. The molecule has 0 amide bonds. The molecular weight excluding hydrogens is 480 g/mol. The van der Waals surface area contributed by atoms with Gasteiger partial charge in [-0.2, -0.15) is 17.8 Å². The highest BCUT2D eigenvalue weighted by Gasteiger charge is 2.43. The van der Waals surface area contributed by atoms with Gasteiger partial charge in [-0.1, -0.05) is 0 Å². The summed E-state index contributed by atoms with van der Waals surface area (Å²) in [4.78, 5) is 7.27. The first-order chi connectivity index (χ1) is 17.2. The monoisotopic (exact) mass is 514 g/mol. The molecule has 0 radical (unpaired) electrons. The van der Waals surface area contributed by atoms with E-state index in [0.29, 0.717) is 18.2 Å². The summed E-state index contributed by atoms with van der Waals surface area (Å²) < 4.78 is 36.9. The van der Waals surface area contributed by atoms with Crippen molar-refractivity contribution in [2.24, 2.45) is 4.40 Å². The van der Waals surface area contributed by atoms with Crippen LogP contribution < -0.4 is 10.9 Å². The molecule has 0 aromatic carbocycles. The third-order valence-corrected chi connectivity index (χ3v) is 8.36. The van der Waals surface area contributed by atoms with Crippen LogP contribution in [0.5, 0.6) is 0 Å². The van der Waals surface area contributed by atoms with Crippen LogP contribution in [0.2, 0.25) is 0 Å². The fourth-order valence-electron chi connectivity index (χ4n) is 5.11.